The molecule has 1 atom stereocenters. The van der Waals surface area contributed by atoms with Gasteiger partial charge in [-0.2, -0.15) is 0 Å². The first-order valence-corrected chi connectivity index (χ1v) is 6.69. The van der Waals surface area contributed by atoms with Crippen molar-refractivity contribution in [3.05, 3.63) is 0 Å². The van der Waals surface area contributed by atoms with Gasteiger partial charge in [0, 0.05) is 13.6 Å². The second-order valence-corrected chi connectivity index (χ2v) is 4.79. The van der Waals surface area contributed by atoms with Crippen LogP contribution in [0.1, 0.15) is 40.0 Å². The molecule has 0 aromatic rings. The quantitative estimate of drug-likeness (QED) is 0.655. The van der Waals surface area contributed by atoms with Crippen LogP contribution in [-0.4, -0.2) is 53.7 Å². The lowest BCUT2D eigenvalue weighted by molar-refractivity contribution is -0.145. The van der Waals surface area contributed by atoms with Crippen molar-refractivity contribution in [2.24, 2.45) is 0 Å². The first-order valence-electron chi connectivity index (χ1n) is 6.69. The van der Waals surface area contributed by atoms with Crippen molar-refractivity contribution in [2.45, 2.75) is 45.6 Å². The number of hydrogen-bond donors (Lipinski definition) is 2. The highest BCUT2D eigenvalue weighted by Gasteiger charge is 2.34. The Morgan fingerprint density at radius 1 is 1.30 bits per heavy atom. The van der Waals surface area contributed by atoms with Crippen LogP contribution < -0.4 is 5.32 Å². The molecule has 2 amide bonds. The average Bonchev–Trinajstić information content (AvgIpc) is 2.36. The Labute approximate surface area is 119 Å². The van der Waals surface area contributed by atoms with Crippen LogP contribution >= 0.6 is 0 Å². The van der Waals surface area contributed by atoms with Crippen LogP contribution in [-0.2, 0) is 14.3 Å². The van der Waals surface area contributed by atoms with E-state index >= 15 is 0 Å². The van der Waals surface area contributed by atoms with Gasteiger partial charge in [0.15, 0.2) is 0 Å². The monoisotopic (exact) mass is 288 g/mol. The van der Waals surface area contributed by atoms with Crippen LogP contribution in [0.25, 0.3) is 0 Å². The summed E-state index contributed by atoms with van der Waals surface area (Å²) >= 11 is 0. The van der Waals surface area contributed by atoms with E-state index in [-0.39, 0.29) is 18.9 Å². The van der Waals surface area contributed by atoms with E-state index < -0.39 is 17.5 Å². The fourth-order valence-electron chi connectivity index (χ4n) is 1.65. The minimum atomic E-state index is -1.30. The Kier molecular flexibility index (Phi) is 7.64. The maximum absolute atomic E-state index is 11.9. The first kappa shape index (κ1) is 18.2. The molecule has 0 spiro atoms. The second-order valence-electron chi connectivity index (χ2n) is 4.79. The maximum Gasteiger partial charge on any atom is 0.329 e. The minimum Gasteiger partial charge on any atom is -0.480 e. The number of esters is 1. The molecule has 7 nitrogen and oxygen atoms in total. The van der Waals surface area contributed by atoms with Crippen molar-refractivity contribution in [3.63, 3.8) is 0 Å². The lowest BCUT2D eigenvalue weighted by atomic mass is 9.96. The third kappa shape index (κ3) is 5.90. The number of carboxylic acids is 1. The molecule has 20 heavy (non-hydrogen) atoms. The molecular formula is C13H24N2O5. The van der Waals surface area contributed by atoms with Crippen LogP contribution in [0.4, 0.5) is 4.79 Å². The molecule has 116 valence electrons. The summed E-state index contributed by atoms with van der Waals surface area (Å²) in [5, 5.41) is 11.7. The number of hydrogen-bond acceptors (Lipinski definition) is 4. The van der Waals surface area contributed by atoms with Gasteiger partial charge in [-0.1, -0.05) is 13.3 Å². The van der Waals surface area contributed by atoms with Gasteiger partial charge in [-0.05, 0) is 20.3 Å². The molecule has 0 bridgehead atoms. The average molecular weight is 288 g/mol. The summed E-state index contributed by atoms with van der Waals surface area (Å²) in [6, 6.07) is -0.521. The smallest absolute Gasteiger partial charge is 0.329 e. The Morgan fingerprint density at radius 3 is 2.35 bits per heavy atom. The van der Waals surface area contributed by atoms with Crippen LogP contribution in [0, 0.1) is 0 Å². The lowest BCUT2D eigenvalue weighted by Crippen LogP contribution is -2.55. The third-order valence-electron chi connectivity index (χ3n) is 2.91. The highest BCUT2D eigenvalue weighted by molar-refractivity contribution is 5.86. The van der Waals surface area contributed by atoms with Crippen molar-refractivity contribution in [2.75, 3.05) is 20.2 Å². The van der Waals surface area contributed by atoms with Crippen LogP contribution in [0.15, 0.2) is 0 Å². The van der Waals surface area contributed by atoms with Crippen LogP contribution in [0.2, 0.25) is 0 Å². The number of nitrogens with zero attached hydrogens (tertiary/aromatic N) is 1. The number of aliphatic carboxylic acids is 1. The zero-order chi connectivity index (χ0) is 15.8. The summed E-state index contributed by atoms with van der Waals surface area (Å²) < 4.78 is 4.76. The standard InChI is InChI=1S/C13H24N2O5/c1-5-8-13(3,11(17)18)14-12(19)15(4)9-7-10(16)20-6-2/h5-9H2,1-4H3,(H,14,19)(H,17,18). The highest BCUT2D eigenvalue weighted by Crippen LogP contribution is 2.13. The van der Waals surface area contributed by atoms with E-state index in [1.807, 2.05) is 6.92 Å². The maximum atomic E-state index is 11.9. The molecule has 0 aromatic heterocycles. The van der Waals surface area contributed by atoms with Gasteiger partial charge in [0.25, 0.3) is 0 Å². The normalized spacial score (nSPS) is 13.2. The molecule has 0 saturated heterocycles. The Bertz CT molecular complexity index is 359. The molecule has 0 aliphatic carbocycles. The molecular weight excluding hydrogens is 264 g/mol. The summed E-state index contributed by atoms with van der Waals surface area (Å²) in [6.07, 6.45) is 1.05. The SMILES string of the molecule is CCCC(C)(NC(=O)N(C)CCC(=O)OCC)C(=O)O. The van der Waals surface area contributed by atoms with E-state index in [0.29, 0.717) is 19.4 Å². The molecule has 7 heteroatoms. The molecule has 0 saturated carbocycles. The number of rotatable bonds is 8. The summed E-state index contributed by atoms with van der Waals surface area (Å²) in [5.74, 6) is -1.46. The Hall–Kier alpha value is -1.79. The van der Waals surface area contributed by atoms with E-state index in [9.17, 15) is 19.5 Å². The molecule has 0 aromatic carbocycles. The number of carboxylic acid groups (broad SMARTS) is 1. The van der Waals surface area contributed by atoms with E-state index in [4.69, 9.17) is 4.74 Å². The van der Waals surface area contributed by atoms with Gasteiger partial charge >= 0.3 is 18.0 Å². The van der Waals surface area contributed by atoms with Gasteiger partial charge in [0.1, 0.15) is 5.54 Å². The summed E-state index contributed by atoms with van der Waals surface area (Å²) in [7, 11) is 1.50. The minimum absolute atomic E-state index is 0.0787. The number of urea groups is 1. The van der Waals surface area contributed by atoms with Crippen LogP contribution in [0.5, 0.6) is 0 Å². The van der Waals surface area contributed by atoms with E-state index in [0.717, 1.165) is 0 Å². The van der Waals surface area contributed by atoms with Crippen molar-refractivity contribution in [1.82, 2.24) is 10.2 Å². The first-order chi connectivity index (χ1) is 9.26. The summed E-state index contributed by atoms with van der Waals surface area (Å²) in [6.45, 7) is 5.49. The number of nitrogens with one attached hydrogen (secondary N) is 1. The number of amides is 2. The third-order valence-corrected chi connectivity index (χ3v) is 2.91. The zero-order valence-electron chi connectivity index (χ0n) is 12.6. The summed E-state index contributed by atoms with van der Waals surface area (Å²) in [4.78, 5) is 35.6. The number of ether oxygens (including phenoxy) is 1. The van der Waals surface area contributed by atoms with Crippen molar-refractivity contribution in [1.29, 1.82) is 0 Å². The zero-order valence-corrected chi connectivity index (χ0v) is 12.6. The van der Waals surface area contributed by atoms with E-state index in [1.54, 1.807) is 6.92 Å². The number of carbonyl (C=O) groups excluding carboxylic acids is 2. The second kappa shape index (κ2) is 8.39. The Morgan fingerprint density at radius 2 is 1.90 bits per heavy atom. The van der Waals surface area contributed by atoms with Crippen molar-refractivity contribution < 1.29 is 24.2 Å². The molecule has 0 fully saturated rings. The summed E-state index contributed by atoms with van der Waals surface area (Å²) in [5.41, 5.74) is -1.30. The molecule has 0 aliphatic rings. The molecule has 0 heterocycles. The fourth-order valence-corrected chi connectivity index (χ4v) is 1.65. The number of carbonyl (C=O) groups is 3. The predicted octanol–water partition coefficient (Wildman–Crippen LogP) is 1.22. The lowest BCUT2D eigenvalue weighted by Gasteiger charge is -2.28. The molecule has 1 unspecified atom stereocenters. The molecule has 2 N–H and O–H groups in total. The molecule has 0 aliphatic heterocycles. The van der Waals surface area contributed by atoms with Gasteiger partial charge in [-0.15, -0.1) is 0 Å². The molecule has 0 rings (SSSR count). The topological polar surface area (TPSA) is 95.9 Å². The molecule has 0 radical (unpaired) electrons. The van der Waals surface area contributed by atoms with E-state index in [2.05, 4.69) is 5.32 Å². The van der Waals surface area contributed by atoms with Gasteiger partial charge in [-0.25, -0.2) is 9.59 Å². The van der Waals surface area contributed by atoms with Crippen molar-refractivity contribution >= 4 is 18.0 Å². The van der Waals surface area contributed by atoms with Crippen LogP contribution in [0.3, 0.4) is 0 Å². The van der Waals surface area contributed by atoms with Gasteiger partial charge in [0.2, 0.25) is 0 Å². The fraction of sp³-hybridized carbons (Fsp3) is 0.769. The van der Waals surface area contributed by atoms with Gasteiger partial charge < -0.3 is 20.1 Å². The van der Waals surface area contributed by atoms with E-state index in [1.165, 1.54) is 18.9 Å². The van der Waals surface area contributed by atoms with Gasteiger partial charge in [0.05, 0.1) is 13.0 Å². The van der Waals surface area contributed by atoms with Crippen molar-refractivity contribution in [3.8, 4) is 0 Å². The predicted molar refractivity (Wildman–Crippen MR) is 73.4 cm³/mol. The highest BCUT2D eigenvalue weighted by atomic mass is 16.5. The Balaban J connectivity index is 4.43. The van der Waals surface area contributed by atoms with Gasteiger partial charge in [-0.3, -0.25) is 4.79 Å². The largest absolute Gasteiger partial charge is 0.480 e.